The molecule has 28 heavy (non-hydrogen) atoms. The van der Waals surface area contributed by atoms with Gasteiger partial charge in [0.1, 0.15) is 6.04 Å². The molecule has 0 radical (unpaired) electrons. The van der Waals surface area contributed by atoms with E-state index in [1.165, 1.54) is 0 Å². The number of benzene rings is 2. The first-order valence-corrected chi connectivity index (χ1v) is 9.33. The fourth-order valence-electron chi connectivity index (χ4n) is 3.07. The van der Waals surface area contributed by atoms with Crippen LogP contribution in [0.3, 0.4) is 0 Å². The molecule has 1 aliphatic rings. The van der Waals surface area contributed by atoms with Gasteiger partial charge >= 0.3 is 0 Å². The summed E-state index contributed by atoms with van der Waals surface area (Å²) in [6, 6.07) is 12.9. The molecule has 150 valence electrons. The Balaban J connectivity index is 1.58. The van der Waals surface area contributed by atoms with Gasteiger partial charge in [-0.3, -0.25) is 4.79 Å². The van der Waals surface area contributed by atoms with Crippen molar-refractivity contribution in [2.45, 2.75) is 13.0 Å². The standard InChI is InChI=1S/C21H27N3O4/c1-15(22-17-6-9-19(26-2)20(14-17)27-3)21(25)23-16-4-7-18(8-5-16)24-10-12-28-13-11-24/h4-9,14-15,22H,10-13H2,1-3H3,(H,23,25)/t15-/m0/s1. The molecule has 0 saturated carbocycles. The number of hydrogen-bond acceptors (Lipinski definition) is 6. The van der Waals surface area contributed by atoms with E-state index in [2.05, 4.69) is 15.5 Å². The third-order valence-corrected chi connectivity index (χ3v) is 4.67. The molecule has 7 nitrogen and oxygen atoms in total. The summed E-state index contributed by atoms with van der Waals surface area (Å²) in [5.41, 5.74) is 2.68. The number of anilines is 3. The molecule has 0 aromatic heterocycles. The Morgan fingerprint density at radius 1 is 1.00 bits per heavy atom. The Bertz CT molecular complexity index is 789. The first-order valence-electron chi connectivity index (χ1n) is 9.33. The zero-order valence-corrected chi connectivity index (χ0v) is 16.5. The smallest absolute Gasteiger partial charge is 0.246 e. The highest BCUT2D eigenvalue weighted by molar-refractivity contribution is 5.96. The van der Waals surface area contributed by atoms with Crippen LogP contribution in [-0.2, 0) is 9.53 Å². The Hall–Kier alpha value is -2.93. The van der Waals surface area contributed by atoms with Gasteiger partial charge in [-0.1, -0.05) is 0 Å². The lowest BCUT2D eigenvalue weighted by Crippen LogP contribution is -2.36. The topological polar surface area (TPSA) is 72.1 Å². The third-order valence-electron chi connectivity index (χ3n) is 4.67. The van der Waals surface area contributed by atoms with Crippen LogP contribution in [0, 0.1) is 0 Å². The highest BCUT2D eigenvalue weighted by atomic mass is 16.5. The van der Waals surface area contributed by atoms with Crippen molar-refractivity contribution < 1.29 is 19.0 Å². The molecule has 1 heterocycles. The molecular formula is C21H27N3O4. The van der Waals surface area contributed by atoms with Crippen LogP contribution in [0.4, 0.5) is 17.1 Å². The van der Waals surface area contributed by atoms with Crippen LogP contribution in [-0.4, -0.2) is 52.5 Å². The molecule has 7 heteroatoms. The molecule has 0 unspecified atom stereocenters. The largest absolute Gasteiger partial charge is 0.493 e. The molecular weight excluding hydrogens is 358 g/mol. The van der Waals surface area contributed by atoms with E-state index in [-0.39, 0.29) is 5.91 Å². The molecule has 0 aliphatic carbocycles. The van der Waals surface area contributed by atoms with E-state index in [1.54, 1.807) is 26.4 Å². The fourth-order valence-corrected chi connectivity index (χ4v) is 3.07. The molecule has 1 fully saturated rings. The van der Waals surface area contributed by atoms with Crippen molar-refractivity contribution in [3.8, 4) is 11.5 Å². The fraction of sp³-hybridized carbons (Fsp3) is 0.381. The van der Waals surface area contributed by atoms with Crippen LogP contribution in [0.2, 0.25) is 0 Å². The maximum absolute atomic E-state index is 12.5. The quantitative estimate of drug-likeness (QED) is 0.764. The molecule has 1 aliphatic heterocycles. The van der Waals surface area contributed by atoms with Crippen LogP contribution in [0.25, 0.3) is 0 Å². The van der Waals surface area contributed by atoms with Crippen LogP contribution >= 0.6 is 0 Å². The van der Waals surface area contributed by atoms with Gasteiger partial charge in [-0.15, -0.1) is 0 Å². The summed E-state index contributed by atoms with van der Waals surface area (Å²) in [6.07, 6.45) is 0. The van der Waals surface area contributed by atoms with E-state index in [4.69, 9.17) is 14.2 Å². The molecule has 1 saturated heterocycles. The second-order valence-corrected chi connectivity index (χ2v) is 6.57. The minimum Gasteiger partial charge on any atom is -0.493 e. The number of nitrogens with one attached hydrogen (secondary N) is 2. The summed E-state index contributed by atoms with van der Waals surface area (Å²) in [5.74, 6) is 1.14. The third kappa shape index (κ3) is 4.86. The van der Waals surface area contributed by atoms with Crippen molar-refractivity contribution in [2.75, 3.05) is 56.1 Å². The molecule has 1 atom stereocenters. The van der Waals surface area contributed by atoms with Crippen molar-refractivity contribution in [3.63, 3.8) is 0 Å². The van der Waals surface area contributed by atoms with Crippen LogP contribution in [0.1, 0.15) is 6.92 Å². The maximum Gasteiger partial charge on any atom is 0.246 e. The summed E-state index contributed by atoms with van der Waals surface area (Å²) in [5, 5.41) is 6.12. The van der Waals surface area contributed by atoms with Crippen molar-refractivity contribution in [1.82, 2.24) is 0 Å². The average molecular weight is 385 g/mol. The van der Waals surface area contributed by atoms with E-state index in [9.17, 15) is 4.79 Å². The van der Waals surface area contributed by atoms with Crippen molar-refractivity contribution in [3.05, 3.63) is 42.5 Å². The predicted molar refractivity (Wildman–Crippen MR) is 111 cm³/mol. The van der Waals surface area contributed by atoms with Crippen molar-refractivity contribution in [2.24, 2.45) is 0 Å². The highest BCUT2D eigenvalue weighted by Crippen LogP contribution is 2.30. The molecule has 1 amide bonds. The molecule has 0 spiro atoms. The minimum atomic E-state index is -0.419. The van der Waals surface area contributed by atoms with Gasteiger partial charge in [0.15, 0.2) is 11.5 Å². The summed E-state index contributed by atoms with van der Waals surface area (Å²) in [4.78, 5) is 14.8. The second kappa shape index (κ2) is 9.32. The zero-order chi connectivity index (χ0) is 19.9. The zero-order valence-electron chi connectivity index (χ0n) is 16.5. The van der Waals surface area contributed by atoms with Crippen LogP contribution in [0.15, 0.2) is 42.5 Å². The molecule has 2 aromatic rings. The average Bonchev–Trinajstić information content (AvgIpc) is 2.74. The Labute approximate surface area is 165 Å². The number of amides is 1. The summed E-state index contributed by atoms with van der Waals surface area (Å²) in [6.45, 7) is 5.08. The van der Waals surface area contributed by atoms with E-state index in [0.717, 1.165) is 43.4 Å². The van der Waals surface area contributed by atoms with Gasteiger partial charge in [-0.25, -0.2) is 0 Å². The molecule has 2 N–H and O–H groups in total. The van der Waals surface area contributed by atoms with Gasteiger partial charge in [0.05, 0.1) is 27.4 Å². The van der Waals surface area contributed by atoms with Gasteiger partial charge in [0.25, 0.3) is 0 Å². The first kappa shape index (κ1) is 19.8. The monoisotopic (exact) mass is 385 g/mol. The number of methoxy groups -OCH3 is 2. The lowest BCUT2D eigenvalue weighted by molar-refractivity contribution is -0.116. The van der Waals surface area contributed by atoms with Gasteiger partial charge in [-0.05, 0) is 43.3 Å². The van der Waals surface area contributed by atoms with Gasteiger partial charge in [0.2, 0.25) is 5.91 Å². The number of rotatable bonds is 7. The normalized spacial score (nSPS) is 14.9. The Morgan fingerprint density at radius 3 is 2.29 bits per heavy atom. The number of nitrogens with zero attached hydrogens (tertiary/aromatic N) is 1. The lowest BCUT2D eigenvalue weighted by atomic mass is 10.2. The maximum atomic E-state index is 12.5. The number of carbonyl (C=O) groups excluding carboxylic acids is 1. The van der Waals surface area contributed by atoms with E-state index in [1.807, 2.05) is 37.3 Å². The van der Waals surface area contributed by atoms with Crippen LogP contribution in [0.5, 0.6) is 11.5 Å². The lowest BCUT2D eigenvalue weighted by Gasteiger charge is -2.29. The second-order valence-electron chi connectivity index (χ2n) is 6.57. The molecule has 3 rings (SSSR count). The van der Waals surface area contributed by atoms with E-state index in [0.29, 0.717) is 11.5 Å². The van der Waals surface area contributed by atoms with Crippen LogP contribution < -0.4 is 25.0 Å². The Kier molecular flexibility index (Phi) is 6.60. The SMILES string of the molecule is COc1ccc(N[C@@H](C)C(=O)Nc2ccc(N3CCOCC3)cc2)cc1OC. The number of carbonyl (C=O) groups is 1. The summed E-state index contributed by atoms with van der Waals surface area (Å²) in [7, 11) is 3.17. The van der Waals surface area contributed by atoms with Gasteiger partial charge in [-0.2, -0.15) is 0 Å². The van der Waals surface area contributed by atoms with E-state index < -0.39 is 6.04 Å². The number of morpholine rings is 1. The summed E-state index contributed by atoms with van der Waals surface area (Å²) >= 11 is 0. The highest BCUT2D eigenvalue weighted by Gasteiger charge is 2.15. The van der Waals surface area contributed by atoms with Crippen molar-refractivity contribution >= 4 is 23.0 Å². The molecule has 2 aromatic carbocycles. The summed E-state index contributed by atoms with van der Waals surface area (Å²) < 4.78 is 15.9. The van der Waals surface area contributed by atoms with Gasteiger partial charge in [0, 0.05) is 36.2 Å². The molecule has 0 bridgehead atoms. The first-order chi connectivity index (χ1) is 13.6. The number of hydrogen-bond donors (Lipinski definition) is 2. The minimum absolute atomic E-state index is 0.117. The Morgan fingerprint density at radius 2 is 1.64 bits per heavy atom. The number of ether oxygens (including phenoxy) is 3. The van der Waals surface area contributed by atoms with Crippen molar-refractivity contribution in [1.29, 1.82) is 0 Å². The van der Waals surface area contributed by atoms with Gasteiger partial charge < -0.3 is 29.7 Å². The predicted octanol–water partition coefficient (Wildman–Crippen LogP) is 2.98. The van der Waals surface area contributed by atoms with E-state index >= 15 is 0 Å².